The molecule has 1 aromatic carbocycles. The number of carbonyl (C=O) groups excluding carboxylic acids is 1. The molecule has 25 heavy (non-hydrogen) atoms. The van der Waals surface area contributed by atoms with Crippen LogP contribution in [0, 0.1) is 13.8 Å². The zero-order valence-electron chi connectivity index (χ0n) is 15.5. The number of nitrogens with zero attached hydrogens (tertiary/aromatic N) is 2. The number of aryl methyl sites for hydroxylation is 2. The van der Waals surface area contributed by atoms with Gasteiger partial charge in [0.25, 0.3) is 0 Å². The van der Waals surface area contributed by atoms with E-state index in [4.69, 9.17) is 4.74 Å². The van der Waals surface area contributed by atoms with Crippen LogP contribution in [0.3, 0.4) is 0 Å². The van der Waals surface area contributed by atoms with Crippen molar-refractivity contribution < 1.29 is 17.9 Å². The van der Waals surface area contributed by atoms with E-state index in [9.17, 15) is 13.2 Å². The SMILES string of the molecule is CCS(=O)(=O)N1CCCN(C(=O)Cc2cc(C)c(OC)cc2C)CC1. The van der Waals surface area contributed by atoms with E-state index in [-0.39, 0.29) is 11.7 Å². The van der Waals surface area contributed by atoms with Gasteiger partial charge in [-0.25, -0.2) is 12.7 Å². The van der Waals surface area contributed by atoms with E-state index in [1.54, 1.807) is 18.9 Å². The molecule has 6 nitrogen and oxygen atoms in total. The van der Waals surface area contributed by atoms with Crippen molar-refractivity contribution in [3.8, 4) is 5.75 Å². The van der Waals surface area contributed by atoms with Crippen LogP contribution < -0.4 is 4.74 Å². The lowest BCUT2D eigenvalue weighted by Crippen LogP contribution is -2.38. The number of amides is 1. The number of benzene rings is 1. The Morgan fingerprint density at radius 2 is 1.84 bits per heavy atom. The standard InChI is InChI=1S/C18H28N2O4S/c1-5-25(22,23)20-8-6-7-19(9-10-20)18(21)13-16-11-15(3)17(24-4)12-14(16)2/h11-12H,5-10,13H2,1-4H3. The van der Waals surface area contributed by atoms with E-state index >= 15 is 0 Å². The molecule has 140 valence electrons. The van der Waals surface area contributed by atoms with Crippen molar-refractivity contribution in [2.45, 2.75) is 33.6 Å². The fraction of sp³-hybridized carbons (Fsp3) is 0.611. The Kier molecular flexibility index (Phi) is 6.46. The first kappa shape index (κ1) is 19.7. The molecule has 1 saturated heterocycles. The molecular formula is C18H28N2O4S. The molecule has 0 aliphatic carbocycles. The minimum atomic E-state index is -3.19. The summed E-state index contributed by atoms with van der Waals surface area (Å²) in [6.07, 6.45) is 1.00. The molecule has 0 aromatic heterocycles. The van der Waals surface area contributed by atoms with E-state index < -0.39 is 10.0 Å². The van der Waals surface area contributed by atoms with Gasteiger partial charge in [-0.3, -0.25) is 4.79 Å². The monoisotopic (exact) mass is 368 g/mol. The van der Waals surface area contributed by atoms with E-state index in [2.05, 4.69) is 0 Å². The highest BCUT2D eigenvalue weighted by molar-refractivity contribution is 7.89. The number of carbonyl (C=O) groups is 1. The summed E-state index contributed by atoms with van der Waals surface area (Å²) in [5, 5.41) is 0. The first-order valence-electron chi connectivity index (χ1n) is 8.68. The molecule has 1 fully saturated rings. The Balaban J connectivity index is 2.06. The number of hydrogen-bond acceptors (Lipinski definition) is 4. The third kappa shape index (κ3) is 4.73. The molecule has 1 heterocycles. The first-order valence-corrected chi connectivity index (χ1v) is 10.3. The number of hydrogen-bond donors (Lipinski definition) is 0. The third-order valence-electron chi connectivity index (χ3n) is 4.76. The maximum absolute atomic E-state index is 12.7. The Labute approximate surface area is 150 Å². The lowest BCUT2D eigenvalue weighted by atomic mass is 10.0. The summed E-state index contributed by atoms with van der Waals surface area (Å²) in [7, 11) is -1.55. The number of sulfonamides is 1. The second-order valence-electron chi connectivity index (χ2n) is 6.46. The fourth-order valence-corrected chi connectivity index (χ4v) is 4.27. The van der Waals surface area contributed by atoms with Crippen LogP contribution in [0.1, 0.15) is 30.0 Å². The smallest absolute Gasteiger partial charge is 0.227 e. The fourth-order valence-electron chi connectivity index (χ4n) is 3.14. The van der Waals surface area contributed by atoms with Crippen LogP contribution in [-0.2, 0) is 21.2 Å². The molecule has 1 aliphatic rings. The minimum absolute atomic E-state index is 0.0448. The zero-order chi connectivity index (χ0) is 18.6. The zero-order valence-corrected chi connectivity index (χ0v) is 16.4. The van der Waals surface area contributed by atoms with Crippen molar-refractivity contribution in [1.82, 2.24) is 9.21 Å². The van der Waals surface area contributed by atoms with Gasteiger partial charge in [0.2, 0.25) is 15.9 Å². The molecule has 0 spiro atoms. The first-order chi connectivity index (χ1) is 11.8. The van der Waals surface area contributed by atoms with Crippen LogP contribution in [0.15, 0.2) is 12.1 Å². The average Bonchev–Trinajstić information content (AvgIpc) is 2.84. The summed E-state index contributed by atoms with van der Waals surface area (Å²) in [6.45, 7) is 7.50. The molecule has 0 atom stereocenters. The minimum Gasteiger partial charge on any atom is -0.496 e. The van der Waals surface area contributed by atoms with Crippen LogP contribution in [0.2, 0.25) is 0 Å². The molecule has 2 rings (SSSR count). The summed E-state index contributed by atoms with van der Waals surface area (Å²) in [5.41, 5.74) is 3.03. The highest BCUT2D eigenvalue weighted by Gasteiger charge is 2.25. The maximum atomic E-state index is 12.7. The molecular weight excluding hydrogens is 340 g/mol. The van der Waals surface area contributed by atoms with Gasteiger partial charge < -0.3 is 9.64 Å². The van der Waals surface area contributed by atoms with Gasteiger partial charge in [-0.05, 0) is 49.9 Å². The third-order valence-corrected chi connectivity index (χ3v) is 6.64. The van der Waals surface area contributed by atoms with Gasteiger partial charge in [0, 0.05) is 26.2 Å². The van der Waals surface area contributed by atoms with Crippen LogP contribution in [0.25, 0.3) is 0 Å². The van der Waals surface area contributed by atoms with Crippen LogP contribution in [0.4, 0.5) is 0 Å². The van der Waals surface area contributed by atoms with Crippen molar-refractivity contribution >= 4 is 15.9 Å². The summed E-state index contributed by atoms with van der Waals surface area (Å²) >= 11 is 0. The Hall–Kier alpha value is -1.60. The van der Waals surface area contributed by atoms with Crippen LogP contribution >= 0.6 is 0 Å². The van der Waals surface area contributed by atoms with Gasteiger partial charge in [0.05, 0.1) is 19.3 Å². The van der Waals surface area contributed by atoms with E-state index in [0.717, 1.165) is 22.4 Å². The van der Waals surface area contributed by atoms with Gasteiger partial charge in [0.1, 0.15) is 5.75 Å². The highest BCUT2D eigenvalue weighted by atomic mass is 32.2. The van der Waals surface area contributed by atoms with Crippen molar-refractivity contribution in [2.75, 3.05) is 39.0 Å². The predicted octanol–water partition coefficient (Wildman–Crippen LogP) is 1.74. The largest absolute Gasteiger partial charge is 0.496 e. The quantitative estimate of drug-likeness (QED) is 0.794. The van der Waals surface area contributed by atoms with Crippen LogP contribution in [-0.4, -0.2) is 62.6 Å². The molecule has 0 N–H and O–H groups in total. The molecule has 7 heteroatoms. The molecule has 1 aromatic rings. The van der Waals surface area contributed by atoms with Crippen LogP contribution in [0.5, 0.6) is 5.75 Å². The second-order valence-corrected chi connectivity index (χ2v) is 8.72. The number of ether oxygens (including phenoxy) is 1. The summed E-state index contributed by atoms with van der Waals surface area (Å²) in [6, 6.07) is 3.95. The molecule has 1 amide bonds. The predicted molar refractivity (Wildman–Crippen MR) is 98.4 cm³/mol. The second kappa shape index (κ2) is 8.19. The Morgan fingerprint density at radius 1 is 1.12 bits per heavy atom. The lowest BCUT2D eigenvalue weighted by Gasteiger charge is -2.22. The number of methoxy groups -OCH3 is 1. The average molecular weight is 368 g/mol. The van der Waals surface area contributed by atoms with Crippen molar-refractivity contribution in [3.05, 3.63) is 28.8 Å². The van der Waals surface area contributed by atoms with Crippen molar-refractivity contribution in [3.63, 3.8) is 0 Å². The Morgan fingerprint density at radius 3 is 2.48 bits per heavy atom. The molecule has 0 unspecified atom stereocenters. The summed E-state index contributed by atoms with van der Waals surface area (Å²) in [5.74, 6) is 0.970. The van der Waals surface area contributed by atoms with Gasteiger partial charge in [-0.15, -0.1) is 0 Å². The van der Waals surface area contributed by atoms with Gasteiger partial charge in [-0.2, -0.15) is 0 Å². The lowest BCUT2D eigenvalue weighted by molar-refractivity contribution is -0.130. The summed E-state index contributed by atoms with van der Waals surface area (Å²) in [4.78, 5) is 14.5. The summed E-state index contributed by atoms with van der Waals surface area (Å²) < 4.78 is 30.9. The van der Waals surface area contributed by atoms with E-state index in [0.29, 0.717) is 39.0 Å². The van der Waals surface area contributed by atoms with Crippen molar-refractivity contribution in [1.29, 1.82) is 0 Å². The Bertz CT molecular complexity index is 731. The number of rotatable bonds is 5. The van der Waals surface area contributed by atoms with Gasteiger partial charge in [0.15, 0.2) is 0 Å². The van der Waals surface area contributed by atoms with Gasteiger partial charge >= 0.3 is 0 Å². The van der Waals surface area contributed by atoms with Gasteiger partial charge in [-0.1, -0.05) is 6.07 Å². The molecule has 0 bridgehead atoms. The van der Waals surface area contributed by atoms with E-state index in [1.807, 2.05) is 26.0 Å². The van der Waals surface area contributed by atoms with Crippen molar-refractivity contribution in [2.24, 2.45) is 0 Å². The highest BCUT2D eigenvalue weighted by Crippen LogP contribution is 2.23. The molecule has 0 radical (unpaired) electrons. The maximum Gasteiger partial charge on any atom is 0.227 e. The normalized spacial score (nSPS) is 16.6. The topological polar surface area (TPSA) is 66.9 Å². The molecule has 1 aliphatic heterocycles. The van der Waals surface area contributed by atoms with E-state index in [1.165, 1.54) is 4.31 Å². The molecule has 0 saturated carbocycles.